The van der Waals surface area contributed by atoms with Crippen LogP contribution in [-0.4, -0.2) is 110 Å². The average molecular weight is 666 g/mol. The molecule has 1 amide bonds. The zero-order valence-corrected chi connectivity index (χ0v) is 28.5. The van der Waals surface area contributed by atoms with Gasteiger partial charge in [0, 0.05) is 62.4 Å². The number of para-hydroxylation sites is 2. The zero-order chi connectivity index (χ0) is 32.9. The van der Waals surface area contributed by atoms with E-state index in [4.69, 9.17) is 9.72 Å². The number of nitrogens with zero attached hydrogens (tertiary/aromatic N) is 8. The summed E-state index contributed by atoms with van der Waals surface area (Å²) >= 11 is 0. The Bertz CT molecular complexity index is 1830. The molecule has 4 heterocycles. The number of anilines is 1. The quantitative estimate of drug-likeness (QED) is 0.208. The van der Waals surface area contributed by atoms with Gasteiger partial charge in [-0.3, -0.25) is 4.79 Å². The van der Waals surface area contributed by atoms with Crippen LogP contribution in [0.3, 0.4) is 0 Å². The molecule has 1 atom stereocenters. The van der Waals surface area contributed by atoms with Crippen LogP contribution in [0.1, 0.15) is 47.7 Å². The van der Waals surface area contributed by atoms with E-state index in [1.165, 1.54) is 5.56 Å². The van der Waals surface area contributed by atoms with Gasteiger partial charge in [-0.2, -0.15) is 5.21 Å². The van der Waals surface area contributed by atoms with Gasteiger partial charge in [-0.25, -0.2) is 4.98 Å². The highest BCUT2D eigenvalue weighted by molar-refractivity contribution is 5.97. The van der Waals surface area contributed by atoms with Crippen molar-refractivity contribution < 1.29 is 15.0 Å². The summed E-state index contributed by atoms with van der Waals surface area (Å²) in [7, 11) is 0. The number of H-pyrrole nitrogens is 1. The lowest BCUT2D eigenvalue weighted by Gasteiger charge is -2.33. The number of aromatic nitrogens is 6. The fourth-order valence-electron chi connectivity index (χ4n) is 7.46. The number of imidazole rings is 1. The van der Waals surface area contributed by atoms with Gasteiger partial charge in [0.25, 0.3) is 5.91 Å². The number of carbonyl (C=O) groups is 1. The first kappa shape index (κ1) is 34.2. The van der Waals surface area contributed by atoms with Gasteiger partial charge in [0.15, 0.2) is 0 Å². The molecule has 258 valence electrons. The second-order valence-corrected chi connectivity index (χ2v) is 13.1. The Hall–Kier alpha value is -4.65. The predicted octanol–water partition coefficient (Wildman–Crippen LogP) is 4.12. The number of benzene rings is 3. The largest absolute Gasteiger partial charge is 0.412 e. The summed E-state index contributed by atoms with van der Waals surface area (Å²) < 4.78 is 8.06. The standard InChI is InChI=1S/C37H45N9O2.H2O/c1-3-48-25-24-46-33-13-8-7-12-32(33)38-36(46)44-19-9-18-43(22-23-44)20-16-37(30-10-5-4-6-11-30)17-21-45(27-37)35(47)31-26-29(15-14-28(31)2)34-39-41-42-40-34;/h4-8,10-15,26H,3,9,16-25,27H2,1-2H3,(H,39,40,41,42);1H2. The fraction of sp³-hybridized carbons (Fsp3) is 0.432. The number of hydrogen-bond acceptors (Lipinski definition) is 8. The summed E-state index contributed by atoms with van der Waals surface area (Å²) in [4.78, 5) is 26.2. The Labute approximate surface area is 287 Å². The second kappa shape index (κ2) is 15.3. The molecule has 5 aromatic rings. The van der Waals surface area contributed by atoms with Gasteiger partial charge in [0.05, 0.1) is 17.6 Å². The molecule has 2 fully saturated rings. The Morgan fingerprint density at radius 2 is 1.80 bits per heavy atom. The van der Waals surface area contributed by atoms with Crippen molar-refractivity contribution in [3.8, 4) is 11.4 Å². The molecule has 0 radical (unpaired) electrons. The van der Waals surface area contributed by atoms with Gasteiger partial charge in [-0.15, -0.1) is 10.2 Å². The van der Waals surface area contributed by atoms with Crippen LogP contribution in [0.4, 0.5) is 5.95 Å². The van der Waals surface area contributed by atoms with E-state index in [9.17, 15) is 4.79 Å². The predicted molar refractivity (Wildman–Crippen MR) is 191 cm³/mol. The maximum absolute atomic E-state index is 14.0. The summed E-state index contributed by atoms with van der Waals surface area (Å²) in [6.45, 7) is 12.5. The van der Waals surface area contributed by atoms with Crippen molar-refractivity contribution in [3.05, 3.63) is 89.5 Å². The van der Waals surface area contributed by atoms with Crippen LogP contribution in [0.15, 0.2) is 72.8 Å². The van der Waals surface area contributed by atoms with Crippen LogP contribution in [0, 0.1) is 6.92 Å². The maximum Gasteiger partial charge on any atom is 0.254 e. The van der Waals surface area contributed by atoms with E-state index in [2.05, 4.69) is 89.6 Å². The van der Waals surface area contributed by atoms with E-state index in [0.717, 1.165) is 93.2 Å². The van der Waals surface area contributed by atoms with Crippen LogP contribution in [0.5, 0.6) is 0 Å². The molecule has 2 saturated heterocycles. The van der Waals surface area contributed by atoms with Gasteiger partial charge in [0.1, 0.15) is 0 Å². The normalized spacial score (nSPS) is 18.5. The molecule has 12 heteroatoms. The van der Waals surface area contributed by atoms with Crippen molar-refractivity contribution >= 4 is 22.9 Å². The van der Waals surface area contributed by atoms with Crippen molar-refractivity contribution in [3.63, 3.8) is 0 Å². The summed E-state index contributed by atoms with van der Waals surface area (Å²) in [5.41, 5.74) is 5.84. The third-order valence-corrected chi connectivity index (χ3v) is 10.2. The van der Waals surface area contributed by atoms with Gasteiger partial charge >= 0.3 is 0 Å². The minimum atomic E-state index is -0.102. The number of hydrogen-bond donors (Lipinski definition) is 1. The van der Waals surface area contributed by atoms with Crippen molar-refractivity contribution in [2.45, 2.75) is 45.1 Å². The number of carbonyl (C=O) groups excluding carboxylic acids is 1. The van der Waals surface area contributed by atoms with Crippen LogP contribution < -0.4 is 4.90 Å². The lowest BCUT2D eigenvalue weighted by Crippen LogP contribution is -2.39. The van der Waals surface area contributed by atoms with E-state index in [-0.39, 0.29) is 16.8 Å². The maximum atomic E-state index is 14.0. The molecule has 3 N–H and O–H groups in total. The number of likely N-dealkylation sites (tertiary alicyclic amines) is 1. The van der Waals surface area contributed by atoms with Crippen LogP contribution in [-0.2, 0) is 16.7 Å². The van der Waals surface area contributed by atoms with Gasteiger partial charge in [-0.05, 0) is 80.7 Å². The number of ether oxygens (including phenoxy) is 1. The Balaban J connectivity index is 0.00000417. The highest BCUT2D eigenvalue weighted by Crippen LogP contribution is 2.39. The molecule has 0 aliphatic carbocycles. The molecule has 0 saturated carbocycles. The number of nitrogens with one attached hydrogen (secondary N) is 1. The lowest BCUT2D eigenvalue weighted by atomic mass is 9.76. The third kappa shape index (κ3) is 7.22. The number of aryl methyl sites for hydroxylation is 1. The summed E-state index contributed by atoms with van der Waals surface area (Å²) in [5, 5.41) is 14.4. The second-order valence-electron chi connectivity index (χ2n) is 13.1. The van der Waals surface area contributed by atoms with Crippen LogP contribution >= 0.6 is 0 Å². The smallest absolute Gasteiger partial charge is 0.254 e. The Morgan fingerprint density at radius 1 is 0.959 bits per heavy atom. The topological polar surface area (TPSA) is 140 Å². The molecule has 2 aliphatic rings. The first-order valence-corrected chi connectivity index (χ1v) is 17.2. The van der Waals surface area contributed by atoms with E-state index in [1.807, 2.05) is 36.9 Å². The Kier molecular flexibility index (Phi) is 10.7. The summed E-state index contributed by atoms with van der Waals surface area (Å²) in [5.74, 6) is 1.60. The number of fused-ring (bicyclic) bond motifs is 1. The van der Waals surface area contributed by atoms with Gasteiger partial charge < -0.3 is 29.5 Å². The molecule has 0 spiro atoms. The number of rotatable bonds is 11. The van der Waals surface area contributed by atoms with Gasteiger partial charge in [-0.1, -0.05) is 54.6 Å². The van der Waals surface area contributed by atoms with E-state index in [0.29, 0.717) is 31.1 Å². The zero-order valence-electron chi connectivity index (χ0n) is 28.5. The fourth-order valence-corrected chi connectivity index (χ4v) is 7.46. The van der Waals surface area contributed by atoms with E-state index in [1.54, 1.807) is 0 Å². The first-order chi connectivity index (χ1) is 23.5. The van der Waals surface area contributed by atoms with Crippen molar-refractivity contribution in [2.75, 3.05) is 63.9 Å². The number of aromatic amines is 1. The molecule has 2 aliphatic heterocycles. The van der Waals surface area contributed by atoms with E-state index >= 15 is 0 Å². The highest BCUT2D eigenvalue weighted by Gasteiger charge is 2.42. The first-order valence-electron chi connectivity index (χ1n) is 17.2. The highest BCUT2D eigenvalue weighted by atomic mass is 16.5. The Morgan fingerprint density at radius 3 is 2.61 bits per heavy atom. The third-order valence-electron chi connectivity index (χ3n) is 10.2. The minimum Gasteiger partial charge on any atom is -0.412 e. The molecule has 2 aromatic heterocycles. The molecule has 49 heavy (non-hydrogen) atoms. The number of amides is 1. The van der Waals surface area contributed by atoms with Crippen LogP contribution in [0.25, 0.3) is 22.4 Å². The molecule has 7 rings (SSSR count). The monoisotopic (exact) mass is 665 g/mol. The van der Waals surface area contributed by atoms with E-state index < -0.39 is 0 Å². The molecule has 1 unspecified atom stereocenters. The minimum absolute atomic E-state index is 0. The van der Waals surface area contributed by atoms with Crippen molar-refractivity contribution in [1.82, 2.24) is 40.0 Å². The lowest BCUT2D eigenvalue weighted by molar-refractivity contribution is 0.0780. The summed E-state index contributed by atoms with van der Waals surface area (Å²) in [6.07, 6.45) is 3.01. The van der Waals surface area contributed by atoms with Crippen molar-refractivity contribution in [2.24, 2.45) is 0 Å². The molecule has 3 aromatic carbocycles. The van der Waals surface area contributed by atoms with Gasteiger partial charge in [0.2, 0.25) is 11.8 Å². The number of tetrazole rings is 1. The SMILES string of the molecule is CCOCCn1c(N2CCCN(CCC3(c4ccccc4)CCN(C(=O)c4cc(-c5nn[nH]n5)ccc4C)C3)CC2)nc2ccccc21.O. The van der Waals surface area contributed by atoms with Crippen LogP contribution in [0.2, 0.25) is 0 Å². The van der Waals surface area contributed by atoms with Crippen molar-refractivity contribution in [1.29, 1.82) is 0 Å². The summed E-state index contributed by atoms with van der Waals surface area (Å²) in [6, 6.07) is 25.0. The molecule has 0 bridgehead atoms. The average Bonchev–Trinajstić information content (AvgIpc) is 3.86. The molecule has 12 nitrogen and oxygen atoms in total. The molecular formula is C37H47N9O3. The molecular weight excluding hydrogens is 618 g/mol.